The smallest absolute Gasteiger partial charge is 0.305 e. The van der Waals surface area contributed by atoms with Crippen LogP contribution in [0, 0.1) is 5.92 Å². The number of anilines is 1. The average molecular weight is 275 g/mol. The third kappa shape index (κ3) is 2.19. The summed E-state index contributed by atoms with van der Waals surface area (Å²) in [6.07, 6.45) is 6.66. The first-order valence-corrected chi connectivity index (χ1v) is 6.69. The Bertz CT molecular complexity index is 639. The minimum absolute atomic E-state index is 0.141. The fourth-order valence-electron chi connectivity index (χ4n) is 2.94. The van der Waals surface area contributed by atoms with Crippen LogP contribution in [0.4, 0.5) is 5.82 Å². The Morgan fingerprint density at radius 1 is 1.45 bits per heavy atom. The minimum atomic E-state index is -0.141. The second kappa shape index (κ2) is 5.07. The Morgan fingerprint density at radius 2 is 2.30 bits per heavy atom. The van der Waals surface area contributed by atoms with Crippen molar-refractivity contribution in [3.05, 3.63) is 12.7 Å². The maximum Gasteiger partial charge on any atom is 0.305 e. The number of nitrogen functional groups attached to an aromatic ring is 1. The second-order valence-electron chi connectivity index (χ2n) is 5.20. The number of nitrogens with zero attached hydrogens (tertiary/aromatic N) is 4. The van der Waals surface area contributed by atoms with E-state index in [1.165, 1.54) is 13.4 Å². The fraction of sp³-hybridized carbons (Fsp3) is 0.538. The summed E-state index contributed by atoms with van der Waals surface area (Å²) in [4.78, 5) is 23.8. The summed E-state index contributed by atoms with van der Waals surface area (Å²) < 4.78 is 6.78. The van der Waals surface area contributed by atoms with E-state index >= 15 is 0 Å². The van der Waals surface area contributed by atoms with Crippen LogP contribution >= 0.6 is 0 Å². The van der Waals surface area contributed by atoms with Gasteiger partial charge in [-0.2, -0.15) is 0 Å². The monoisotopic (exact) mass is 275 g/mol. The van der Waals surface area contributed by atoms with E-state index < -0.39 is 0 Å². The van der Waals surface area contributed by atoms with Crippen molar-refractivity contribution in [3.63, 3.8) is 0 Å². The number of carbonyl (C=O) groups excluding carboxylic acids is 1. The molecule has 0 spiro atoms. The molecule has 0 aliphatic heterocycles. The summed E-state index contributed by atoms with van der Waals surface area (Å²) in [5.74, 6) is 0.625. The first-order valence-electron chi connectivity index (χ1n) is 6.69. The SMILES string of the molecule is COC(=O)C[C@@H]1CC[C@@H](n2cnc3c(N)ncnc32)C1. The summed E-state index contributed by atoms with van der Waals surface area (Å²) in [5.41, 5.74) is 7.20. The van der Waals surface area contributed by atoms with Gasteiger partial charge in [0, 0.05) is 12.5 Å². The van der Waals surface area contributed by atoms with Gasteiger partial charge in [0.05, 0.1) is 13.4 Å². The Balaban J connectivity index is 1.80. The van der Waals surface area contributed by atoms with Gasteiger partial charge in [-0.3, -0.25) is 4.79 Å². The number of ether oxygens (including phenoxy) is 1. The van der Waals surface area contributed by atoms with Gasteiger partial charge in [-0.15, -0.1) is 0 Å². The van der Waals surface area contributed by atoms with Crippen LogP contribution in [-0.2, 0) is 9.53 Å². The van der Waals surface area contributed by atoms with Crippen LogP contribution in [0.25, 0.3) is 11.2 Å². The molecule has 106 valence electrons. The molecule has 7 nitrogen and oxygen atoms in total. The maximum absolute atomic E-state index is 11.3. The molecule has 0 radical (unpaired) electrons. The van der Waals surface area contributed by atoms with E-state index in [0.29, 0.717) is 29.7 Å². The molecule has 2 N–H and O–H groups in total. The van der Waals surface area contributed by atoms with E-state index in [4.69, 9.17) is 10.5 Å². The van der Waals surface area contributed by atoms with Gasteiger partial charge in [0.2, 0.25) is 0 Å². The van der Waals surface area contributed by atoms with Gasteiger partial charge >= 0.3 is 5.97 Å². The lowest BCUT2D eigenvalue weighted by molar-refractivity contribution is -0.141. The van der Waals surface area contributed by atoms with E-state index in [-0.39, 0.29) is 5.97 Å². The molecule has 7 heteroatoms. The van der Waals surface area contributed by atoms with Crippen molar-refractivity contribution in [3.8, 4) is 0 Å². The molecule has 1 fully saturated rings. The molecule has 2 heterocycles. The molecule has 0 aromatic carbocycles. The lowest BCUT2D eigenvalue weighted by atomic mass is 10.0. The molecule has 2 aromatic heterocycles. The summed E-state index contributed by atoms with van der Waals surface area (Å²) in [7, 11) is 1.43. The number of hydrogen-bond donors (Lipinski definition) is 1. The number of methoxy groups -OCH3 is 1. The van der Waals surface area contributed by atoms with Crippen molar-refractivity contribution >= 4 is 23.0 Å². The molecule has 1 saturated carbocycles. The van der Waals surface area contributed by atoms with Crippen molar-refractivity contribution in [2.75, 3.05) is 12.8 Å². The molecule has 0 amide bonds. The van der Waals surface area contributed by atoms with Crippen molar-refractivity contribution in [1.29, 1.82) is 0 Å². The zero-order chi connectivity index (χ0) is 14.1. The number of rotatable bonds is 3. The van der Waals surface area contributed by atoms with Crippen LogP contribution < -0.4 is 5.73 Å². The first-order chi connectivity index (χ1) is 9.69. The summed E-state index contributed by atoms with van der Waals surface area (Å²) in [5, 5.41) is 0. The van der Waals surface area contributed by atoms with Gasteiger partial charge < -0.3 is 15.0 Å². The number of carbonyl (C=O) groups is 1. The third-order valence-electron chi connectivity index (χ3n) is 3.98. The molecule has 0 saturated heterocycles. The maximum atomic E-state index is 11.3. The molecule has 20 heavy (non-hydrogen) atoms. The largest absolute Gasteiger partial charge is 0.469 e. The van der Waals surface area contributed by atoms with E-state index in [2.05, 4.69) is 15.0 Å². The van der Waals surface area contributed by atoms with Crippen LogP contribution in [0.3, 0.4) is 0 Å². The predicted octanol–water partition coefficient (Wildman–Crippen LogP) is 1.31. The molecular formula is C13H17N5O2. The average Bonchev–Trinajstić information content (AvgIpc) is 3.05. The molecule has 2 atom stereocenters. The lowest BCUT2D eigenvalue weighted by Gasteiger charge is -2.12. The van der Waals surface area contributed by atoms with E-state index in [1.54, 1.807) is 6.33 Å². The van der Waals surface area contributed by atoms with Crippen LogP contribution in [-0.4, -0.2) is 32.6 Å². The Hall–Kier alpha value is -2.18. The van der Waals surface area contributed by atoms with Gasteiger partial charge in [-0.05, 0) is 25.2 Å². The number of fused-ring (bicyclic) bond motifs is 1. The van der Waals surface area contributed by atoms with Gasteiger partial charge in [0.25, 0.3) is 0 Å². The summed E-state index contributed by atoms with van der Waals surface area (Å²) in [6.45, 7) is 0. The molecule has 1 aliphatic carbocycles. The zero-order valence-electron chi connectivity index (χ0n) is 11.3. The van der Waals surface area contributed by atoms with Crippen molar-refractivity contribution in [2.24, 2.45) is 5.92 Å². The number of hydrogen-bond acceptors (Lipinski definition) is 6. The first kappa shape index (κ1) is 12.8. The Kier molecular flexibility index (Phi) is 3.25. The van der Waals surface area contributed by atoms with Gasteiger partial charge in [0.15, 0.2) is 11.5 Å². The molecule has 0 unspecified atom stereocenters. The highest BCUT2D eigenvalue weighted by atomic mass is 16.5. The van der Waals surface area contributed by atoms with Gasteiger partial charge in [-0.25, -0.2) is 15.0 Å². The fourth-order valence-corrected chi connectivity index (χ4v) is 2.94. The number of aromatic nitrogens is 4. The quantitative estimate of drug-likeness (QED) is 0.848. The molecular weight excluding hydrogens is 258 g/mol. The second-order valence-corrected chi connectivity index (χ2v) is 5.20. The molecule has 2 aromatic rings. The third-order valence-corrected chi connectivity index (χ3v) is 3.98. The highest BCUT2D eigenvalue weighted by molar-refractivity contribution is 5.81. The van der Waals surface area contributed by atoms with Crippen LogP contribution in [0.2, 0.25) is 0 Å². The van der Waals surface area contributed by atoms with Crippen molar-refractivity contribution in [2.45, 2.75) is 31.7 Å². The molecule has 1 aliphatic rings. The van der Waals surface area contributed by atoms with Gasteiger partial charge in [-0.1, -0.05) is 0 Å². The highest BCUT2D eigenvalue weighted by Crippen LogP contribution is 2.37. The van der Waals surface area contributed by atoms with Crippen LogP contribution in [0.15, 0.2) is 12.7 Å². The molecule has 3 rings (SSSR count). The minimum Gasteiger partial charge on any atom is -0.469 e. The number of esters is 1. The van der Waals surface area contributed by atoms with Crippen molar-refractivity contribution < 1.29 is 9.53 Å². The summed E-state index contributed by atoms with van der Waals surface area (Å²) >= 11 is 0. The lowest BCUT2D eigenvalue weighted by Crippen LogP contribution is -2.09. The molecule has 0 bridgehead atoms. The Labute approximate surface area is 116 Å². The van der Waals surface area contributed by atoms with Crippen molar-refractivity contribution in [1.82, 2.24) is 19.5 Å². The van der Waals surface area contributed by atoms with E-state index in [1.807, 2.05) is 4.57 Å². The number of imidazole rings is 1. The van der Waals surface area contributed by atoms with Gasteiger partial charge in [0.1, 0.15) is 11.8 Å². The standard InChI is InChI=1S/C13H17N5O2/c1-20-10(19)5-8-2-3-9(4-8)18-7-17-11-12(14)15-6-16-13(11)18/h6-9H,2-5H2,1H3,(H2,14,15,16)/t8-,9-/m1/s1. The predicted molar refractivity (Wildman–Crippen MR) is 72.7 cm³/mol. The van der Waals surface area contributed by atoms with Crippen LogP contribution in [0.5, 0.6) is 0 Å². The zero-order valence-corrected chi connectivity index (χ0v) is 11.3. The van der Waals surface area contributed by atoms with E-state index in [9.17, 15) is 4.79 Å². The normalized spacial score (nSPS) is 22.2. The topological polar surface area (TPSA) is 95.9 Å². The van der Waals surface area contributed by atoms with Crippen LogP contribution in [0.1, 0.15) is 31.7 Å². The highest BCUT2D eigenvalue weighted by Gasteiger charge is 2.29. The summed E-state index contributed by atoms with van der Waals surface area (Å²) in [6, 6.07) is 0.309. The van der Waals surface area contributed by atoms with E-state index in [0.717, 1.165) is 24.9 Å². The Morgan fingerprint density at radius 3 is 3.10 bits per heavy atom. The number of nitrogens with two attached hydrogens (primary N) is 1.